The molecule has 0 saturated heterocycles. The number of aryl methyl sites for hydroxylation is 1. The van der Waals surface area contributed by atoms with Gasteiger partial charge in [0.25, 0.3) is 0 Å². The molecule has 1 N–H and O–H groups in total. The first kappa shape index (κ1) is 21.4. The molecule has 0 saturated carbocycles. The maximum Gasteiger partial charge on any atom is 0.338 e. The number of esters is 1. The zero-order valence-electron chi connectivity index (χ0n) is 17.8. The number of carbonyl (C=O) groups is 2. The molecule has 158 valence electrons. The van der Waals surface area contributed by atoms with Gasteiger partial charge in [0, 0.05) is 22.2 Å². The van der Waals surface area contributed by atoms with Crippen molar-refractivity contribution in [2.75, 3.05) is 13.2 Å². The second kappa shape index (κ2) is 9.48. The van der Waals surface area contributed by atoms with Crippen molar-refractivity contribution in [1.29, 1.82) is 0 Å². The van der Waals surface area contributed by atoms with Crippen molar-refractivity contribution in [3.05, 3.63) is 59.3 Å². The summed E-state index contributed by atoms with van der Waals surface area (Å²) in [5.74, 6) is 0.225. The number of ketones is 1. The van der Waals surface area contributed by atoms with Gasteiger partial charge in [0.15, 0.2) is 17.6 Å². The molecule has 0 unspecified atom stereocenters. The van der Waals surface area contributed by atoms with Crippen molar-refractivity contribution in [3.63, 3.8) is 0 Å². The predicted molar refractivity (Wildman–Crippen MR) is 116 cm³/mol. The van der Waals surface area contributed by atoms with Crippen LogP contribution in [-0.2, 0) is 4.74 Å². The molecule has 0 fully saturated rings. The lowest BCUT2D eigenvalue weighted by Crippen LogP contribution is -2.25. The molecule has 0 bridgehead atoms. The lowest BCUT2D eigenvalue weighted by Gasteiger charge is -2.15. The summed E-state index contributed by atoms with van der Waals surface area (Å²) in [6.45, 7) is 8.29. The molecule has 1 atom stereocenters. The number of hydrogen-bond donors (Lipinski definition) is 1. The molecule has 1 aromatic heterocycles. The number of nitrogens with one attached hydrogen (secondary N) is 1. The molecular weight excluding hydrogens is 382 g/mol. The molecule has 0 aliphatic heterocycles. The Morgan fingerprint density at radius 2 is 1.80 bits per heavy atom. The van der Waals surface area contributed by atoms with Crippen LogP contribution in [0.15, 0.2) is 42.5 Å². The fourth-order valence-corrected chi connectivity index (χ4v) is 3.31. The minimum atomic E-state index is -0.929. The third-order valence-corrected chi connectivity index (χ3v) is 4.73. The van der Waals surface area contributed by atoms with Gasteiger partial charge < -0.3 is 19.2 Å². The minimum absolute atomic E-state index is 0.244. The van der Waals surface area contributed by atoms with Crippen LogP contribution in [0.1, 0.15) is 53.6 Å². The first-order chi connectivity index (χ1) is 14.5. The number of aromatic amines is 1. The van der Waals surface area contributed by atoms with Crippen LogP contribution in [-0.4, -0.2) is 36.1 Å². The number of hydrogen-bond acceptors (Lipinski definition) is 5. The molecule has 0 aliphatic carbocycles. The molecule has 0 aliphatic rings. The maximum absolute atomic E-state index is 13.0. The van der Waals surface area contributed by atoms with Crippen LogP contribution in [0.3, 0.4) is 0 Å². The zero-order chi connectivity index (χ0) is 21.7. The van der Waals surface area contributed by atoms with Gasteiger partial charge in [0.2, 0.25) is 5.78 Å². The van der Waals surface area contributed by atoms with E-state index in [9.17, 15) is 9.59 Å². The van der Waals surface area contributed by atoms with E-state index in [1.165, 1.54) is 0 Å². The highest BCUT2D eigenvalue weighted by Crippen LogP contribution is 2.29. The number of ether oxygens (including phenoxy) is 3. The number of Topliss-reactive ketones (excluding diaryl/α,β-unsaturated/α-hetero) is 1. The average molecular weight is 409 g/mol. The Bertz CT molecular complexity index is 1050. The fraction of sp³-hybridized carbons (Fsp3) is 0.333. The number of aromatic nitrogens is 1. The van der Waals surface area contributed by atoms with Crippen LogP contribution in [0.2, 0.25) is 0 Å². The van der Waals surface area contributed by atoms with Crippen molar-refractivity contribution < 1.29 is 23.8 Å². The van der Waals surface area contributed by atoms with Crippen LogP contribution in [0.5, 0.6) is 11.5 Å². The topological polar surface area (TPSA) is 77.6 Å². The first-order valence-electron chi connectivity index (χ1n) is 10.2. The summed E-state index contributed by atoms with van der Waals surface area (Å²) in [6.07, 6.45) is -0.0654. The lowest BCUT2D eigenvalue weighted by molar-refractivity contribution is 0.0318. The van der Waals surface area contributed by atoms with E-state index in [2.05, 4.69) is 4.98 Å². The molecule has 30 heavy (non-hydrogen) atoms. The van der Waals surface area contributed by atoms with Gasteiger partial charge >= 0.3 is 5.97 Å². The molecular formula is C24H27NO5. The minimum Gasteiger partial charge on any atom is -0.490 e. The smallest absolute Gasteiger partial charge is 0.338 e. The largest absolute Gasteiger partial charge is 0.490 e. The summed E-state index contributed by atoms with van der Waals surface area (Å²) >= 11 is 0. The van der Waals surface area contributed by atoms with E-state index in [-0.39, 0.29) is 5.78 Å². The van der Waals surface area contributed by atoms with E-state index in [1.807, 2.05) is 45.0 Å². The Hall–Kier alpha value is -3.28. The predicted octanol–water partition coefficient (Wildman–Crippen LogP) is 5.09. The Morgan fingerprint density at radius 3 is 2.53 bits per heavy atom. The molecule has 6 heteroatoms. The van der Waals surface area contributed by atoms with Gasteiger partial charge in [-0.2, -0.15) is 0 Å². The van der Waals surface area contributed by atoms with Crippen LogP contribution in [0.25, 0.3) is 10.9 Å². The van der Waals surface area contributed by atoms with E-state index >= 15 is 0 Å². The van der Waals surface area contributed by atoms with Gasteiger partial charge in [-0.05, 0) is 51.5 Å². The van der Waals surface area contributed by atoms with E-state index in [1.54, 1.807) is 25.1 Å². The van der Waals surface area contributed by atoms with Gasteiger partial charge in [-0.3, -0.25) is 4.79 Å². The standard InChI is InChI=1S/C24H27NO5/c1-5-13-29-20-12-11-17(14-21(20)28-6-2)24(27)30-16(4)23(26)22-15(3)25-19-10-8-7-9-18(19)22/h7-12,14,16,25H,5-6,13H2,1-4H3/t16-/m0/s1. The molecule has 3 rings (SSSR count). The molecule has 0 amide bonds. The fourth-order valence-electron chi connectivity index (χ4n) is 3.31. The maximum atomic E-state index is 13.0. The number of benzene rings is 2. The molecule has 3 aromatic rings. The number of carbonyl (C=O) groups excluding carboxylic acids is 2. The van der Waals surface area contributed by atoms with Crippen LogP contribution in [0.4, 0.5) is 0 Å². The zero-order valence-corrected chi connectivity index (χ0v) is 17.8. The van der Waals surface area contributed by atoms with Crippen LogP contribution < -0.4 is 9.47 Å². The van der Waals surface area contributed by atoms with Crippen LogP contribution >= 0.6 is 0 Å². The average Bonchev–Trinajstić information content (AvgIpc) is 3.07. The van der Waals surface area contributed by atoms with Gasteiger partial charge in [-0.15, -0.1) is 0 Å². The summed E-state index contributed by atoms with van der Waals surface area (Å²) in [5.41, 5.74) is 2.47. The number of rotatable bonds is 9. The molecule has 0 spiro atoms. The highest BCUT2D eigenvalue weighted by Gasteiger charge is 2.25. The first-order valence-corrected chi connectivity index (χ1v) is 10.2. The highest BCUT2D eigenvalue weighted by atomic mass is 16.5. The van der Waals surface area contributed by atoms with E-state index in [0.29, 0.717) is 35.8 Å². The third-order valence-electron chi connectivity index (χ3n) is 4.73. The summed E-state index contributed by atoms with van der Waals surface area (Å²) < 4.78 is 16.7. The molecule has 1 heterocycles. The Balaban J connectivity index is 1.78. The van der Waals surface area contributed by atoms with E-state index in [0.717, 1.165) is 23.0 Å². The highest BCUT2D eigenvalue weighted by molar-refractivity contribution is 6.11. The summed E-state index contributed by atoms with van der Waals surface area (Å²) in [6, 6.07) is 12.5. The SMILES string of the molecule is CCCOc1ccc(C(=O)O[C@@H](C)C(=O)c2c(C)[nH]c3ccccc23)cc1OCC. The van der Waals surface area contributed by atoms with Crippen molar-refractivity contribution in [2.24, 2.45) is 0 Å². The van der Waals surface area contributed by atoms with Crippen LogP contribution in [0, 0.1) is 6.92 Å². The Labute approximate surface area is 176 Å². The van der Waals surface area contributed by atoms with Gasteiger partial charge in [0.05, 0.1) is 18.8 Å². The quantitative estimate of drug-likeness (QED) is 0.393. The number of H-pyrrole nitrogens is 1. The molecule has 6 nitrogen and oxygen atoms in total. The monoisotopic (exact) mass is 409 g/mol. The van der Waals surface area contributed by atoms with Crippen molar-refractivity contribution in [3.8, 4) is 11.5 Å². The lowest BCUT2D eigenvalue weighted by atomic mass is 10.0. The number of para-hydroxylation sites is 1. The normalized spacial score (nSPS) is 11.9. The van der Waals surface area contributed by atoms with Gasteiger partial charge in [-0.1, -0.05) is 25.1 Å². The summed E-state index contributed by atoms with van der Waals surface area (Å²) in [7, 11) is 0. The Morgan fingerprint density at radius 1 is 1.03 bits per heavy atom. The van der Waals surface area contributed by atoms with Crippen molar-refractivity contribution >= 4 is 22.7 Å². The molecule has 2 aromatic carbocycles. The van der Waals surface area contributed by atoms with Gasteiger partial charge in [-0.25, -0.2) is 4.79 Å². The molecule has 0 radical (unpaired) electrons. The van der Waals surface area contributed by atoms with E-state index in [4.69, 9.17) is 14.2 Å². The summed E-state index contributed by atoms with van der Waals surface area (Å²) in [4.78, 5) is 28.9. The van der Waals surface area contributed by atoms with Crippen molar-refractivity contribution in [2.45, 2.75) is 40.2 Å². The number of fused-ring (bicyclic) bond motifs is 1. The second-order valence-electron chi connectivity index (χ2n) is 7.03. The summed E-state index contributed by atoms with van der Waals surface area (Å²) in [5, 5.41) is 0.818. The Kier molecular flexibility index (Phi) is 6.77. The second-order valence-corrected chi connectivity index (χ2v) is 7.03. The van der Waals surface area contributed by atoms with Crippen molar-refractivity contribution in [1.82, 2.24) is 4.98 Å². The van der Waals surface area contributed by atoms with Gasteiger partial charge in [0.1, 0.15) is 0 Å². The van der Waals surface area contributed by atoms with E-state index < -0.39 is 12.1 Å². The third kappa shape index (κ3) is 4.48.